The Morgan fingerprint density at radius 1 is 1.17 bits per heavy atom. The minimum Gasteiger partial charge on any atom is -0.346 e. The summed E-state index contributed by atoms with van der Waals surface area (Å²) in [5, 5.41) is 15.0. The van der Waals surface area contributed by atoms with Gasteiger partial charge in [-0.1, -0.05) is 13.8 Å². The van der Waals surface area contributed by atoms with E-state index in [0.717, 1.165) is 34.6 Å². The Bertz CT molecular complexity index is 1610. The lowest BCUT2D eigenvalue weighted by molar-refractivity contribution is -0.143. The molecule has 2 aliphatic rings. The molecule has 6 heterocycles. The summed E-state index contributed by atoms with van der Waals surface area (Å²) < 4.78 is 55.4. The number of fused-ring (bicyclic) bond motifs is 1. The van der Waals surface area contributed by atoms with Crippen LogP contribution in [0, 0.1) is 17.1 Å². The first kappa shape index (κ1) is 29.1. The number of halogens is 4. The van der Waals surface area contributed by atoms with Gasteiger partial charge in [0.2, 0.25) is 0 Å². The SMILES string of the molecule is CC.N#CCC1(n2cc(-c3ncnc4[nH]ccc34)cn2)CN(C2CCN(C(=O)c3ccnc(C(F)(F)F)c3F)CC2)C1. The summed E-state index contributed by atoms with van der Waals surface area (Å²) in [7, 11) is 0. The van der Waals surface area contributed by atoms with E-state index in [9.17, 15) is 27.6 Å². The summed E-state index contributed by atoms with van der Waals surface area (Å²) in [5.74, 6) is -2.43. The molecule has 6 rings (SSSR count). The van der Waals surface area contributed by atoms with Gasteiger partial charge in [0.15, 0.2) is 11.5 Å². The second-order valence-electron chi connectivity index (χ2n) is 10.1. The van der Waals surface area contributed by atoms with Crippen molar-refractivity contribution in [3.8, 4) is 17.3 Å². The second kappa shape index (κ2) is 11.5. The van der Waals surface area contributed by atoms with Crippen LogP contribution in [0.3, 0.4) is 0 Å². The van der Waals surface area contributed by atoms with Gasteiger partial charge in [-0.2, -0.15) is 23.5 Å². The molecule has 4 aromatic heterocycles. The quantitative estimate of drug-likeness (QED) is 0.340. The molecule has 0 radical (unpaired) electrons. The predicted octanol–water partition coefficient (Wildman–Crippen LogP) is 4.63. The number of aromatic nitrogens is 6. The van der Waals surface area contributed by atoms with E-state index in [1.54, 1.807) is 12.4 Å². The molecule has 220 valence electrons. The fourth-order valence-corrected chi connectivity index (χ4v) is 5.67. The molecule has 0 bridgehead atoms. The van der Waals surface area contributed by atoms with Crippen molar-refractivity contribution in [3.05, 3.63) is 60.3 Å². The predicted molar refractivity (Wildman–Crippen MR) is 144 cm³/mol. The minimum absolute atomic E-state index is 0.111. The van der Waals surface area contributed by atoms with Crippen molar-refractivity contribution < 1.29 is 22.4 Å². The van der Waals surface area contributed by atoms with Gasteiger partial charge in [-0.3, -0.25) is 14.4 Å². The van der Waals surface area contributed by atoms with Crippen LogP contribution in [0.15, 0.2) is 43.2 Å². The number of aromatic amines is 1. The largest absolute Gasteiger partial charge is 0.436 e. The molecule has 2 aliphatic heterocycles. The van der Waals surface area contributed by atoms with Crippen LogP contribution >= 0.6 is 0 Å². The number of hydrogen-bond donors (Lipinski definition) is 1. The topological polar surface area (TPSA) is 120 Å². The summed E-state index contributed by atoms with van der Waals surface area (Å²) >= 11 is 0. The molecule has 1 N–H and O–H groups in total. The van der Waals surface area contributed by atoms with Crippen molar-refractivity contribution in [2.24, 2.45) is 0 Å². The highest BCUT2D eigenvalue weighted by Gasteiger charge is 2.48. The number of nitrogens with one attached hydrogen (secondary N) is 1. The number of pyridine rings is 1. The summed E-state index contributed by atoms with van der Waals surface area (Å²) in [6.45, 7) is 5.72. The molecule has 1 amide bonds. The highest BCUT2D eigenvalue weighted by atomic mass is 19.4. The van der Waals surface area contributed by atoms with Crippen molar-refractivity contribution in [2.75, 3.05) is 26.2 Å². The van der Waals surface area contributed by atoms with Crippen molar-refractivity contribution >= 4 is 16.9 Å². The Balaban J connectivity index is 0.00000173. The average Bonchev–Trinajstić information content (AvgIpc) is 3.66. The van der Waals surface area contributed by atoms with Crippen LogP contribution in [0.2, 0.25) is 0 Å². The van der Waals surface area contributed by atoms with E-state index in [-0.39, 0.29) is 25.6 Å². The van der Waals surface area contributed by atoms with E-state index in [0.29, 0.717) is 25.9 Å². The Kier molecular flexibility index (Phi) is 7.96. The van der Waals surface area contributed by atoms with Gasteiger partial charge in [0.1, 0.15) is 17.5 Å². The van der Waals surface area contributed by atoms with E-state index in [2.05, 4.69) is 36.0 Å². The number of hydrogen-bond acceptors (Lipinski definition) is 7. The molecular formula is C28H29F4N9O. The molecular weight excluding hydrogens is 554 g/mol. The third-order valence-electron chi connectivity index (χ3n) is 7.76. The fourth-order valence-electron chi connectivity index (χ4n) is 5.67. The molecule has 2 saturated heterocycles. The minimum atomic E-state index is -4.99. The number of H-pyrrole nitrogens is 1. The number of rotatable bonds is 5. The van der Waals surface area contributed by atoms with Crippen LogP contribution in [0.5, 0.6) is 0 Å². The standard InChI is InChI=1S/C26H23F4N9O.C2H6/c27-20-18(1-7-32-22(20)26(28,29)30)24(40)37-9-3-17(4-10-37)38-13-25(14-38,5-6-31)39-12-16(11-36-39)21-19-2-8-33-23(19)35-15-34-21;1-2/h1-2,7-8,11-12,15,17H,3-5,9-10,13-14H2,(H,33,34,35);1-2H3. The normalized spacial score (nSPS) is 17.3. The fraction of sp³-hybridized carbons (Fsp3) is 0.429. The van der Waals surface area contributed by atoms with Gasteiger partial charge in [-0.15, -0.1) is 0 Å². The molecule has 0 unspecified atom stereocenters. The third-order valence-corrected chi connectivity index (χ3v) is 7.76. The van der Waals surface area contributed by atoms with E-state index >= 15 is 0 Å². The third kappa shape index (κ3) is 5.20. The molecule has 10 nitrogen and oxygen atoms in total. The molecule has 14 heteroatoms. The lowest BCUT2D eigenvalue weighted by Gasteiger charge is -2.53. The Hall–Kier alpha value is -4.38. The van der Waals surface area contributed by atoms with Gasteiger partial charge in [0, 0.05) is 61.8 Å². The van der Waals surface area contributed by atoms with Gasteiger partial charge in [-0.05, 0) is 25.0 Å². The van der Waals surface area contributed by atoms with Crippen LogP contribution < -0.4 is 0 Å². The molecule has 0 aliphatic carbocycles. The van der Waals surface area contributed by atoms with Crippen molar-refractivity contribution in [1.29, 1.82) is 5.26 Å². The number of carbonyl (C=O) groups is 1. The van der Waals surface area contributed by atoms with Crippen LogP contribution in [0.4, 0.5) is 17.6 Å². The first-order valence-corrected chi connectivity index (χ1v) is 13.7. The molecule has 4 aromatic rings. The first-order chi connectivity index (χ1) is 20.2. The van der Waals surface area contributed by atoms with E-state index in [1.807, 2.05) is 30.8 Å². The maximum absolute atomic E-state index is 14.5. The number of likely N-dealkylation sites (tertiary alicyclic amines) is 2. The molecule has 0 saturated carbocycles. The highest BCUT2D eigenvalue weighted by molar-refractivity contribution is 5.94. The molecule has 2 fully saturated rings. The Morgan fingerprint density at radius 2 is 1.90 bits per heavy atom. The van der Waals surface area contributed by atoms with E-state index < -0.39 is 34.7 Å². The van der Waals surface area contributed by atoms with Crippen LogP contribution in [0.1, 0.15) is 49.2 Å². The maximum Gasteiger partial charge on any atom is 0.436 e. The van der Waals surface area contributed by atoms with Crippen LogP contribution in [-0.2, 0) is 11.7 Å². The van der Waals surface area contributed by atoms with Crippen molar-refractivity contribution in [3.63, 3.8) is 0 Å². The smallest absolute Gasteiger partial charge is 0.346 e. The van der Waals surface area contributed by atoms with Crippen molar-refractivity contribution in [1.82, 2.24) is 39.5 Å². The van der Waals surface area contributed by atoms with Gasteiger partial charge in [0.25, 0.3) is 5.91 Å². The lowest BCUT2D eigenvalue weighted by Crippen LogP contribution is -2.66. The zero-order chi connectivity index (χ0) is 30.1. The van der Waals surface area contributed by atoms with E-state index in [4.69, 9.17) is 0 Å². The van der Waals surface area contributed by atoms with Crippen molar-refractivity contribution in [2.45, 2.75) is 50.9 Å². The zero-order valence-electron chi connectivity index (χ0n) is 23.1. The van der Waals surface area contributed by atoms with Gasteiger partial charge < -0.3 is 9.88 Å². The lowest BCUT2D eigenvalue weighted by atomic mass is 9.83. The molecule has 0 spiro atoms. The number of alkyl halides is 3. The van der Waals surface area contributed by atoms with Crippen LogP contribution in [0.25, 0.3) is 22.3 Å². The summed E-state index contributed by atoms with van der Waals surface area (Å²) in [4.78, 5) is 31.2. The highest BCUT2D eigenvalue weighted by Crippen LogP contribution is 2.37. The number of nitriles is 1. The number of nitrogens with zero attached hydrogens (tertiary/aromatic N) is 8. The molecule has 0 aromatic carbocycles. The molecule has 42 heavy (non-hydrogen) atoms. The Morgan fingerprint density at radius 3 is 2.60 bits per heavy atom. The molecule has 0 atom stereocenters. The second-order valence-corrected chi connectivity index (χ2v) is 10.1. The number of piperidine rings is 1. The summed E-state index contributed by atoms with van der Waals surface area (Å²) in [6.07, 6.45) is 4.11. The Labute approximate surface area is 239 Å². The summed E-state index contributed by atoms with van der Waals surface area (Å²) in [5.41, 5.74) is -0.568. The zero-order valence-corrected chi connectivity index (χ0v) is 23.1. The van der Waals surface area contributed by atoms with Gasteiger partial charge in [0.05, 0.1) is 29.9 Å². The average molecular weight is 584 g/mol. The van der Waals surface area contributed by atoms with Gasteiger partial charge >= 0.3 is 6.18 Å². The monoisotopic (exact) mass is 583 g/mol. The number of carbonyl (C=O) groups excluding carboxylic acids is 1. The van der Waals surface area contributed by atoms with E-state index in [1.165, 1.54) is 11.2 Å². The first-order valence-electron chi connectivity index (χ1n) is 13.7. The number of amides is 1. The summed E-state index contributed by atoms with van der Waals surface area (Å²) in [6, 6.07) is 5.26. The maximum atomic E-state index is 14.5. The van der Waals surface area contributed by atoms with Crippen LogP contribution in [-0.4, -0.2) is 77.6 Å². The van der Waals surface area contributed by atoms with Gasteiger partial charge in [-0.25, -0.2) is 19.3 Å².